The van der Waals surface area contributed by atoms with Crippen molar-refractivity contribution in [3.8, 4) is 0 Å². The first-order chi connectivity index (χ1) is 15.2. The van der Waals surface area contributed by atoms with Crippen molar-refractivity contribution in [2.75, 3.05) is 0 Å². The fraction of sp³-hybridized carbons (Fsp3) is 0.107. The van der Waals surface area contributed by atoms with Crippen molar-refractivity contribution in [1.29, 1.82) is 0 Å². The summed E-state index contributed by atoms with van der Waals surface area (Å²) in [6, 6.07) is 33.9. The predicted octanol–water partition coefficient (Wildman–Crippen LogP) is 6.05. The Bertz CT molecular complexity index is 1160. The number of nitrogens with zero attached hydrogens (tertiary/aromatic N) is 1. The van der Waals surface area contributed by atoms with Crippen molar-refractivity contribution in [2.45, 2.75) is 19.8 Å². The van der Waals surface area contributed by atoms with E-state index in [0.29, 0.717) is 0 Å². The maximum Gasteiger partial charge on any atom is 0.0705 e. The van der Waals surface area contributed by atoms with Gasteiger partial charge in [-0.05, 0) is 61.8 Å². The largest absolute Gasteiger partial charge is 0.402 e. The Balaban J connectivity index is 1.50. The summed E-state index contributed by atoms with van der Waals surface area (Å²) in [5.74, 6) is 0. The molecule has 0 bridgehead atoms. The molecule has 0 aliphatic rings. The van der Waals surface area contributed by atoms with Crippen LogP contribution in [0, 0.1) is 0 Å². The maximum absolute atomic E-state index is 6.36. The van der Waals surface area contributed by atoms with E-state index < -0.39 is 7.92 Å². The van der Waals surface area contributed by atoms with E-state index in [1.54, 1.807) is 0 Å². The van der Waals surface area contributed by atoms with E-state index in [4.69, 9.17) is 10.7 Å². The minimum absolute atomic E-state index is 0.567. The highest BCUT2D eigenvalue weighted by atomic mass is 31.1. The Labute approximate surface area is 185 Å². The lowest BCUT2D eigenvalue weighted by Gasteiger charge is -2.19. The van der Waals surface area contributed by atoms with Crippen LogP contribution in [0.15, 0.2) is 120 Å². The van der Waals surface area contributed by atoms with Crippen LogP contribution in [0.4, 0.5) is 0 Å². The Hall–Kier alpha value is -3.22. The Morgan fingerprint density at radius 3 is 2.06 bits per heavy atom. The van der Waals surface area contributed by atoms with Gasteiger partial charge in [-0.2, -0.15) is 0 Å². The Morgan fingerprint density at radius 1 is 0.774 bits per heavy atom. The van der Waals surface area contributed by atoms with Crippen LogP contribution in [0.25, 0.3) is 10.9 Å². The fourth-order valence-electron chi connectivity index (χ4n) is 3.62. The lowest BCUT2D eigenvalue weighted by Crippen LogP contribution is -2.11. The smallest absolute Gasteiger partial charge is 0.0705 e. The quantitative estimate of drug-likeness (QED) is 0.291. The van der Waals surface area contributed by atoms with Gasteiger partial charge in [-0.25, -0.2) is 0 Å². The van der Waals surface area contributed by atoms with Gasteiger partial charge in [0.05, 0.1) is 5.52 Å². The van der Waals surface area contributed by atoms with Crippen LogP contribution in [0.2, 0.25) is 0 Å². The number of fused-ring (bicyclic) bond motifs is 1. The molecule has 1 heterocycles. The number of para-hydroxylation sites is 1. The van der Waals surface area contributed by atoms with Crippen LogP contribution in [0.5, 0.6) is 0 Å². The molecule has 154 valence electrons. The summed E-state index contributed by atoms with van der Waals surface area (Å²) in [5, 5.41) is 5.21. The van der Waals surface area contributed by atoms with Gasteiger partial charge in [0.2, 0.25) is 0 Å². The van der Waals surface area contributed by atoms with Gasteiger partial charge in [-0.1, -0.05) is 91.0 Å². The molecule has 0 spiro atoms. The van der Waals surface area contributed by atoms with Crippen LogP contribution in [-0.4, -0.2) is 4.98 Å². The van der Waals surface area contributed by atoms with Crippen molar-refractivity contribution in [3.05, 3.63) is 126 Å². The molecule has 0 radical (unpaired) electrons. The summed E-state index contributed by atoms with van der Waals surface area (Å²) >= 11 is 0. The molecule has 0 aliphatic heterocycles. The van der Waals surface area contributed by atoms with E-state index in [1.807, 2.05) is 12.1 Å². The lowest BCUT2D eigenvalue weighted by atomic mass is 10.1. The number of rotatable bonds is 7. The molecule has 3 heteroatoms. The number of aromatic nitrogens is 1. The second-order valence-electron chi connectivity index (χ2n) is 7.55. The third kappa shape index (κ3) is 5.48. The maximum atomic E-state index is 6.36. The van der Waals surface area contributed by atoms with Gasteiger partial charge in [-0.3, -0.25) is 4.98 Å². The molecule has 0 amide bonds. The first kappa shape index (κ1) is 21.0. The van der Waals surface area contributed by atoms with Gasteiger partial charge < -0.3 is 5.73 Å². The summed E-state index contributed by atoms with van der Waals surface area (Å²) in [4.78, 5) is 4.75. The van der Waals surface area contributed by atoms with Gasteiger partial charge in [0.1, 0.15) is 0 Å². The predicted molar refractivity (Wildman–Crippen MR) is 135 cm³/mol. The van der Waals surface area contributed by atoms with Crippen LogP contribution >= 0.6 is 7.92 Å². The van der Waals surface area contributed by atoms with Crippen molar-refractivity contribution in [1.82, 2.24) is 4.98 Å². The number of hydrogen-bond acceptors (Lipinski definition) is 2. The molecule has 1 aromatic heterocycles. The summed E-state index contributed by atoms with van der Waals surface area (Å²) in [5.41, 5.74) is 9.35. The molecular formula is C28H27N2P. The van der Waals surface area contributed by atoms with E-state index in [-0.39, 0.29) is 0 Å². The molecule has 3 aromatic carbocycles. The number of hydrogen-bond donors (Lipinski definition) is 1. The van der Waals surface area contributed by atoms with Gasteiger partial charge in [-0.15, -0.1) is 0 Å². The van der Waals surface area contributed by atoms with Gasteiger partial charge in [0.25, 0.3) is 0 Å². The third-order valence-corrected chi connectivity index (χ3v) is 7.73. The third-order valence-electron chi connectivity index (χ3n) is 5.25. The minimum Gasteiger partial charge on any atom is -0.402 e. The fourth-order valence-corrected chi connectivity index (χ4v) is 5.89. The summed E-state index contributed by atoms with van der Waals surface area (Å²) < 4.78 is 0. The number of allylic oxidation sites excluding steroid dienone is 4. The molecule has 4 aromatic rings. The van der Waals surface area contributed by atoms with Crippen LogP contribution in [-0.2, 0) is 6.42 Å². The number of benzene rings is 3. The van der Waals surface area contributed by atoms with E-state index in [0.717, 1.165) is 29.7 Å². The molecule has 2 nitrogen and oxygen atoms in total. The molecule has 2 N–H and O–H groups in total. The zero-order chi connectivity index (χ0) is 21.5. The standard InChI is InChI=1S/C28H27N2P/c1-22(31(26-11-4-2-5-12-26)27-13-6-3-7-14-27)16-18-24(29)19-21-25-20-17-23-10-8-9-15-28(23)30-25/h2-18,20H,19,21,29H2,1H3/b22-16+,24-18-. The van der Waals surface area contributed by atoms with Crippen molar-refractivity contribution >= 4 is 29.4 Å². The monoisotopic (exact) mass is 422 g/mol. The average Bonchev–Trinajstić information content (AvgIpc) is 2.83. The average molecular weight is 423 g/mol. The van der Waals surface area contributed by atoms with E-state index in [1.165, 1.54) is 21.3 Å². The minimum atomic E-state index is -0.567. The van der Waals surface area contributed by atoms with Crippen molar-refractivity contribution < 1.29 is 0 Å². The topological polar surface area (TPSA) is 38.9 Å². The SMILES string of the molecule is C/C(=C\C=C(/N)CCc1ccc2ccccc2n1)P(c1ccccc1)c1ccccc1. The number of nitrogens with two attached hydrogens (primary N) is 1. The zero-order valence-corrected chi connectivity index (χ0v) is 18.7. The summed E-state index contributed by atoms with van der Waals surface area (Å²) in [6.45, 7) is 2.21. The molecule has 0 aliphatic carbocycles. The molecule has 0 saturated heterocycles. The first-order valence-corrected chi connectivity index (χ1v) is 11.9. The lowest BCUT2D eigenvalue weighted by molar-refractivity contribution is 0.896. The van der Waals surface area contributed by atoms with E-state index in [9.17, 15) is 0 Å². The molecular weight excluding hydrogens is 395 g/mol. The number of aryl methyl sites for hydroxylation is 1. The Morgan fingerprint density at radius 2 is 1.39 bits per heavy atom. The summed E-state index contributed by atoms with van der Waals surface area (Å²) in [6.07, 6.45) is 5.89. The van der Waals surface area contributed by atoms with E-state index >= 15 is 0 Å². The molecule has 0 atom stereocenters. The zero-order valence-electron chi connectivity index (χ0n) is 17.8. The molecule has 4 rings (SSSR count). The van der Waals surface area contributed by atoms with Gasteiger partial charge in [0.15, 0.2) is 0 Å². The molecule has 0 unspecified atom stereocenters. The molecule has 0 fully saturated rings. The van der Waals surface area contributed by atoms with Crippen LogP contribution in [0.3, 0.4) is 0 Å². The highest BCUT2D eigenvalue weighted by molar-refractivity contribution is 7.76. The van der Waals surface area contributed by atoms with Crippen LogP contribution < -0.4 is 16.3 Å². The first-order valence-electron chi connectivity index (χ1n) is 10.6. The van der Waals surface area contributed by atoms with Crippen LogP contribution in [0.1, 0.15) is 19.0 Å². The molecule has 0 saturated carbocycles. The highest BCUT2D eigenvalue weighted by Gasteiger charge is 2.14. The molecule has 31 heavy (non-hydrogen) atoms. The van der Waals surface area contributed by atoms with Crippen molar-refractivity contribution in [3.63, 3.8) is 0 Å². The van der Waals surface area contributed by atoms with Gasteiger partial charge in [0, 0.05) is 16.8 Å². The number of pyridine rings is 1. The normalized spacial score (nSPS) is 12.5. The second kappa shape index (κ2) is 10.2. The summed E-state index contributed by atoms with van der Waals surface area (Å²) in [7, 11) is -0.567. The van der Waals surface area contributed by atoms with Crippen molar-refractivity contribution in [2.24, 2.45) is 5.73 Å². The van der Waals surface area contributed by atoms with E-state index in [2.05, 4.69) is 104 Å². The second-order valence-corrected chi connectivity index (χ2v) is 9.96. The highest BCUT2D eigenvalue weighted by Crippen LogP contribution is 2.42. The Kier molecular flexibility index (Phi) is 6.92. The van der Waals surface area contributed by atoms with Gasteiger partial charge >= 0.3 is 0 Å².